The van der Waals surface area contributed by atoms with Gasteiger partial charge in [-0.2, -0.15) is 0 Å². The molecule has 27 heavy (non-hydrogen) atoms. The number of amides is 1. The normalized spacial score (nSPS) is 23.3. The molecular weight excluding hydrogens is 350 g/mol. The second-order valence-electron chi connectivity index (χ2n) is 6.52. The molecule has 0 spiro atoms. The number of esters is 2. The van der Waals surface area contributed by atoms with Crippen molar-refractivity contribution in [3.8, 4) is 11.5 Å². The van der Waals surface area contributed by atoms with Crippen LogP contribution in [0.3, 0.4) is 0 Å². The Morgan fingerprint density at radius 3 is 2.59 bits per heavy atom. The van der Waals surface area contributed by atoms with Gasteiger partial charge < -0.3 is 14.2 Å². The van der Waals surface area contributed by atoms with E-state index in [4.69, 9.17) is 14.2 Å². The van der Waals surface area contributed by atoms with Crippen molar-refractivity contribution in [1.82, 2.24) is 4.90 Å². The molecule has 2 heterocycles. The van der Waals surface area contributed by atoms with Gasteiger partial charge in [0.05, 0.1) is 7.11 Å². The first-order valence-electron chi connectivity index (χ1n) is 8.45. The SMILES string of the molecule is COC(=O)C1Cc2ccc(Oc3ccccc3)cc2C2(C)OC(=O)C(=O)N12. The van der Waals surface area contributed by atoms with Gasteiger partial charge in [-0.25, -0.2) is 9.59 Å². The lowest BCUT2D eigenvalue weighted by Crippen LogP contribution is -2.56. The van der Waals surface area contributed by atoms with E-state index in [9.17, 15) is 14.4 Å². The van der Waals surface area contributed by atoms with E-state index in [0.717, 1.165) is 10.5 Å². The number of carbonyl (C=O) groups excluding carboxylic acids is 3. The molecule has 2 unspecified atom stereocenters. The average molecular weight is 367 g/mol. The number of benzene rings is 2. The summed E-state index contributed by atoms with van der Waals surface area (Å²) >= 11 is 0. The zero-order valence-electron chi connectivity index (χ0n) is 14.8. The number of methoxy groups -OCH3 is 1. The van der Waals surface area contributed by atoms with E-state index >= 15 is 0 Å². The molecule has 2 aliphatic heterocycles. The molecule has 2 atom stereocenters. The highest BCUT2D eigenvalue weighted by molar-refractivity contribution is 6.34. The fourth-order valence-electron chi connectivity index (χ4n) is 3.67. The molecule has 1 amide bonds. The topological polar surface area (TPSA) is 82.1 Å². The highest BCUT2D eigenvalue weighted by Gasteiger charge is 2.58. The van der Waals surface area contributed by atoms with Crippen molar-refractivity contribution < 1.29 is 28.6 Å². The molecule has 0 N–H and O–H groups in total. The van der Waals surface area contributed by atoms with E-state index in [-0.39, 0.29) is 6.42 Å². The Morgan fingerprint density at radius 2 is 1.89 bits per heavy atom. The largest absolute Gasteiger partial charge is 0.467 e. The Hall–Kier alpha value is -3.35. The van der Waals surface area contributed by atoms with E-state index in [1.54, 1.807) is 19.1 Å². The number of carbonyl (C=O) groups is 3. The first kappa shape index (κ1) is 17.1. The second-order valence-corrected chi connectivity index (χ2v) is 6.52. The Bertz CT molecular complexity index is 941. The molecule has 0 bridgehead atoms. The minimum atomic E-state index is -1.39. The lowest BCUT2D eigenvalue weighted by molar-refractivity contribution is -0.167. The molecule has 7 nitrogen and oxygen atoms in total. The van der Waals surface area contributed by atoms with Crippen LogP contribution in [0.5, 0.6) is 11.5 Å². The fourth-order valence-corrected chi connectivity index (χ4v) is 3.67. The average Bonchev–Trinajstić information content (AvgIpc) is 2.91. The van der Waals surface area contributed by atoms with Crippen molar-refractivity contribution in [2.24, 2.45) is 0 Å². The number of nitrogens with zero attached hydrogens (tertiary/aromatic N) is 1. The quantitative estimate of drug-likeness (QED) is 0.611. The van der Waals surface area contributed by atoms with Gasteiger partial charge in [-0.05, 0) is 36.8 Å². The number of hydrogen-bond donors (Lipinski definition) is 0. The van der Waals surface area contributed by atoms with Gasteiger partial charge >= 0.3 is 17.8 Å². The van der Waals surface area contributed by atoms with E-state index in [2.05, 4.69) is 0 Å². The predicted molar refractivity (Wildman–Crippen MR) is 92.8 cm³/mol. The number of ether oxygens (including phenoxy) is 3. The maximum absolute atomic E-state index is 12.4. The molecule has 2 aromatic rings. The summed E-state index contributed by atoms with van der Waals surface area (Å²) in [6.07, 6.45) is 0.228. The molecule has 7 heteroatoms. The molecule has 138 valence electrons. The van der Waals surface area contributed by atoms with Crippen molar-refractivity contribution in [3.63, 3.8) is 0 Å². The molecule has 0 saturated carbocycles. The maximum Gasteiger partial charge on any atom is 0.399 e. The third-order valence-electron chi connectivity index (χ3n) is 4.90. The van der Waals surface area contributed by atoms with Crippen LogP contribution in [0.2, 0.25) is 0 Å². The van der Waals surface area contributed by atoms with Gasteiger partial charge in [0.2, 0.25) is 5.72 Å². The van der Waals surface area contributed by atoms with Crippen LogP contribution in [0.15, 0.2) is 48.5 Å². The molecule has 2 aliphatic rings. The van der Waals surface area contributed by atoms with Gasteiger partial charge in [-0.15, -0.1) is 0 Å². The van der Waals surface area contributed by atoms with Crippen LogP contribution in [0.25, 0.3) is 0 Å². The highest BCUT2D eigenvalue weighted by atomic mass is 16.6. The lowest BCUT2D eigenvalue weighted by Gasteiger charge is -2.42. The number of rotatable bonds is 3. The molecule has 1 saturated heterocycles. The van der Waals surface area contributed by atoms with Gasteiger partial charge in [0, 0.05) is 12.0 Å². The minimum Gasteiger partial charge on any atom is -0.467 e. The van der Waals surface area contributed by atoms with Gasteiger partial charge in [0.15, 0.2) is 0 Å². The van der Waals surface area contributed by atoms with Crippen molar-refractivity contribution >= 4 is 17.8 Å². The first-order chi connectivity index (χ1) is 12.9. The van der Waals surface area contributed by atoms with Crippen molar-refractivity contribution in [3.05, 3.63) is 59.7 Å². The van der Waals surface area contributed by atoms with E-state index in [1.807, 2.05) is 36.4 Å². The van der Waals surface area contributed by atoms with Gasteiger partial charge in [-0.1, -0.05) is 24.3 Å². The van der Waals surface area contributed by atoms with Crippen LogP contribution >= 0.6 is 0 Å². The lowest BCUT2D eigenvalue weighted by atomic mass is 9.86. The standard InChI is InChI=1S/C20H17NO6/c1-20-15-11-14(26-13-6-4-3-5-7-13)9-8-12(15)10-16(18(23)25-2)21(20)17(22)19(24)27-20/h3-9,11,16H,10H2,1-2H3. The van der Waals surface area contributed by atoms with Crippen LogP contribution < -0.4 is 4.74 Å². The molecule has 1 fully saturated rings. The van der Waals surface area contributed by atoms with Crippen LogP contribution in [0.1, 0.15) is 18.1 Å². The smallest absolute Gasteiger partial charge is 0.399 e. The maximum atomic E-state index is 12.4. The van der Waals surface area contributed by atoms with Crippen molar-refractivity contribution in [2.45, 2.75) is 25.1 Å². The third kappa shape index (κ3) is 2.63. The zero-order chi connectivity index (χ0) is 19.2. The molecular formula is C20H17NO6. The number of para-hydroxylation sites is 1. The van der Waals surface area contributed by atoms with Crippen LogP contribution in [-0.4, -0.2) is 35.9 Å². The predicted octanol–water partition coefficient (Wildman–Crippen LogP) is 2.13. The summed E-state index contributed by atoms with van der Waals surface area (Å²) < 4.78 is 16.1. The summed E-state index contributed by atoms with van der Waals surface area (Å²) in [6, 6.07) is 13.6. The molecule has 0 aromatic heterocycles. The van der Waals surface area contributed by atoms with Crippen molar-refractivity contribution in [2.75, 3.05) is 7.11 Å². The third-order valence-corrected chi connectivity index (χ3v) is 4.90. The minimum absolute atomic E-state index is 0.228. The molecule has 4 rings (SSSR count). The van der Waals surface area contributed by atoms with Crippen molar-refractivity contribution in [1.29, 1.82) is 0 Å². The number of hydrogen-bond acceptors (Lipinski definition) is 6. The van der Waals surface area contributed by atoms with E-state index < -0.39 is 29.6 Å². The first-order valence-corrected chi connectivity index (χ1v) is 8.45. The van der Waals surface area contributed by atoms with Gasteiger partial charge in [-0.3, -0.25) is 9.69 Å². The van der Waals surface area contributed by atoms with E-state index in [1.165, 1.54) is 7.11 Å². The summed E-state index contributed by atoms with van der Waals surface area (Å²) in [5.41, 5.74) is -0.00114. The monoisotopic (exact) mass is 367 g/mol. The summed E-state index contributed by atoms with van der Waals surface area (Å²) in [5, 5.41) is 0. The second kappa shape index (κ2) is 6.12. The summed E-state index contributed by atoms with van der Waals surface area (Å²) in [6.45, 7) is 1.59. The van der Waals surface area contributed by atoms with Gasteiger partial charge in [0.1, 0.15) is 17.5 Å². The van der Waals surface area contributed by atoms with Gasteiger partial charge in [0.25, 0.3) is 0 Å². The highest BCUT2D eigenvalue weighted by Crippen LogP contribution is 2.44. The summed E-state index contributed by atoms with van der Waals surface area (Å²) in [5.74, 6) is -1.25. The fraction of sp³-hybridized carbons (Fsp3) is 0.250. The van der Waals surface area contributed by atoms with Crippen LogP contribution in [0, 0.1) is 0 Å². The summed E-state index contributed by atoms with van der Waals surface area (Å²) in [4.78, 5) is 37.7. The molecule has 2 aromatic carbocycles. The Balaban J connectivity index is 1.78. The molecule has 0 radical (unpaired) electrons. The zero-order valence-corrected chi connectivity index (χ0v) is 14.8. The Labute approximate surface area is 155 Å². The Morgan fingerprint density at radius 1 is 1.15 bits per heavy atom. The number of fused-ring (bicyclic) bond motifs is 3. The molecule has 0 aliphatic carbocycles. The van der Waals surface area contributed by atoms with E-state index in [0.29, 0.717) is 17.1 Å². The van der Waals surface area contributed by atoms with Crippen LogP contribution in [-0.2, 0) is 36.0 Å². The van der Waals surface area contributed by atoms with Crippen LogP contribution in [0.4, 0.5) is 0 Å². The summed E-state index contributed by atoms with van der Waals surface area (Å²) in [7, 11) is 1.25. The Kier molecular flexibility index (Phi) is 3.87.